The molecular weight excluding hydrogens is 414 g/mol. The van der Waals surface area contributed by atoms with Crippen molar-refractivity contribution >= 4 is 5.91 Å². The van der Waals surface area contributed by atoms with E-state index < -0.39 is 5.72 Å². The highest BCUT2D eigenvalue weighted by Crippen LogP contribution is 2.37. The van der Waals surface area contributed by atoms with E-state index in [0.29, 0.717) is 36.1 Å². The molecule has 0 saturated carbocycles. The van der Waals surface area contributed by atoms with Crippen LogP contribution >= 0.6 is 0 Å². The summed E-state index contributed by atoms with van der Waals surface area (Å²) in [5, 5.41) is 0. The number of methoxy groups -OCH3 is 1. The predicted molar refractivity (Wildman–Crippen MR) is 129 cm³/mol. The van der Waals surface area contributed by atoms with E-state index in [1.54, 1.807) is 24.1 Å². The summed E-state index contributed by atoms with van der Waals surface area (Å²) in [6, 6.07) is 21.6. The molecule has 0 unspecified atom stereocenters. The zero-order chi connectivity index (χ0) is 23.6. The van der Waals surface area contributed by atoms with E-state index in [4.69, 9.17) is 14.2 Å². The van der Waals surface area contributed by atoms with Crippen LogP contribution in [0.4, 0.5) is 0 Å². The highest BCUT2D eigenvalue weighted by Gasteiger charge is 2.40. The van der Waals surface area contributed by atoms with E-state index in [0.717, 1.165) is 16.9 Å². The van der Waals surface area contributed by atoms with Crippen molar-refractivity contribution in [2.24, 2.45) is 0 Å². The molecule has 4 rings (SSSR count). The van der Waals surface area contributed by atoms with Crippen LogP contribution in [0.15, 0.2) is 66.7 Å². The number of carbonyl (C=O) groups is 1. The molecule has 33 heavy (non-hydrogen) atoms. The average Bonchev–Trinajstić information content (AvgIpc) is 2.80. The number of fused-ring (bicyclic) bond motifs is 1. The summed E-state index contributed by atoms with van der Waals surface area (Å²) in [5.74, 6) is 2.41. The van der Waals surface area contributed by atoms with Gasteiger partial charge in [0.15, 0.2) is 5.72 Å². The van der Waals surface area contributed by atoms with E-state index in [9.17, 15) is 4.79 Å². The van der Waals surface area contributed by atoms with Gasteiger partial charge < -0.3 is 14.2 Å². The van der Waals surface area contributed by atoms with Gasteiger partial charge in [0.2, 0.25) is 0 Å². The van der Waals surface area contributed by atoms with E-state index in [2.05, 4.69) is 38.1 Å². The Bertz CT molecular complexity index is 1130. The molecule has 1 heterocycles. The van der Waals surface area contributed by atoms with Crippen molar-refractivity contribution in [3.63, 3.8) is 0 Å². The average molecular weight is 446 g/mol. The Morgan fingerprint density at radius 3 is 2.39 bits per heavy atom. The van der Waals surface area contributed by atoms with Crippen molar-refractivity contribution < 1.29 is 19.0 Å². The topological polar surface area (TPSA) is 48.0 Å². The molecule has 5 heteroatoms. The van der Waals surface area contributed by atoms with Crippen molar-refractivity contribution in [1.82, 2.24) is 4.90 Å². The van der Waals surface area contributed by atoms with Crippen molar-refractivity contribution in [2.75, 3.05) is 7.11 Å². The number of nitrogens with zero attached hydrogens (tertiary/aromatic N) is 1. The first-order valence-electron chi connectivity index (χ1n) is 11.3. The number of benzene rings is 3. The van der Waals surface area contributed by atoms with Gasteiger partial charge in [-0.1, -0.05) is 50.2 Å². The Morgan fingerprint density at radius 2 is 1.70 bits per heavy atom. The van der Waals surface area contributed by atoms with Gasteiger partial charge in [0.1, 0.15) is 23.9 Å². The quantitative estimate of drug-likeness (QED) is 0.436. The van der Waals surface area contributed by atoms with E-state index in [-0.39, 0.29) is 5.91 Å². The SMILES string of the molecule is COc1cccc(COc2ccc3c(c2)OC(C)(C)N(Cc2ccc(C(C)C)cc2)C3=O)c1. The van der Waals surface area contributed by atoms with Crippen LogP contribution in [0.5, 0.6) is 17.2 Å². The van der Waals surface area contributed by atoms with Gasteiger partial charge in [0, 0.05) is 12.6 Å². The van der Waals surface area contributed by atoms with Crippen LogP contribution in [-0.2, 0) is 13.2 Å². The van der Waals surface area contributed by atoms with E-state index in [1.807, 2.05) is 44.2 Å². The van der Waals surface area contributed by atoms with Crippen LogP contribution in [0.1, 0.15) is 60.7 Å². The first-order valence-corrected chi connectivity index (χ1v) is 11.3. The van der Waals surface area contributed by atoms with Gasteiger partial charge in [-0.3, -0.25) is 9.69 Å². The van der Waals surface area contributed by atoms with Gasteiger partial charge in [-0.25, -0.2) is 0 Å². The summed E-state index contributed by atoms with van der Waals surface area (Å²) >= 11 is 0. The van der Waals surface area contributed by atoms with Gasteiger partial charge >= 0.3 is 0 Å². The number of hydrogen-bond acceptors (Lipinski definition) is 4. The molecule has 0 atom stereocenters. The molecular formula is C28H31NO4. The molecule has 0 radical (unpaired) electrons. The van der Waals surface area contributed by atoms with Gasteiger partial charge in [-0.15, -0.1) is 0 Å². The monoisotopic (exact) mass is 445 g/mol. The molecule has 1 aliphatic heterocycles. The molecule has 3 aromatic carbocycles. The van der Waals surface area contributed by atoms with E-state index in [1.165, 1.54) is 5.56 Å². The highest BCUT2D eigenvalue weighted by molar-refractivity contribution is 5.98. The molecule has 0 N–H and O–H groups in total. The molecule has 0 spiro atoms. The lowest BCUT2D eigenvalue weighted by Crippen LogP contribution is -2.54. The zero-order valence-electron chi connectivity index (χ0n) is 19.9. The third kappa shape index (κ3) is 4.98. The van der Waals surface area contributed by atoms with Crippen LogP contribution in [0.25, 0.3) is 0 Å². The third-order valence-corrected chi connectivity index (χ3v) is 5.97. The smallest absolute Gasteiger partial charge is 0.260 e. The van der Waals surface area contributed by atoms with Crippen LogP contribution < -0.4 is 14.2 Å². The van der Waals surface area contributed by atoms with Crippen LogP contribution in [-0.4, -0.2) is 23.6 Å². The van der Waals surface area contributed by atoms with Crippen LogP contribution in [0.3, 0.4) is 0 Å². The number of carbonyl (C=O) groups excluding carboxylic acids is 1. The fourth-order valence-electron chi connectivity index (χ4n) is 3.95. The Balaban J connectivity index is 1.50. The second-order valence-corrected chi connectivity index (χ2v) is 9.13. The van der Waals surface area contributed by atoms with Gasteiger partial charge in [0.25, 0.3) is 5.91 Å². The Kier molecular flexibility index (Phi) is 6.32. The minimum Gasteiger partial charge on any atom is -0.497 e. The molecule has 0 aromatic heterocycles. The standard InChI is InChI=1S/C28H31NO4/c1-19(2)22-11-9-20(10-12-22)17-29-27(30)25-14-13-24(16-26(25)33-28(29,3)4)32-18-21-7-6-8-23(15-21)31-5/h6-16,19H,17-18H2,1-5H3. The largest absolute Gasteiger partial charge is 0.497 e. The second kappa shape index (κ2) is 9.18. The maximum Gasteiger partial charge on any atom is 0.260 e. The molecule has 3 aromatic rings. The molecule has 0 bridgehead atoms. The first-order chi connectivity index (χ1) is 15.8. The minimum atomic E-state index is -0.785. The highest BCUT2D eigenvalue weighted by atomic mass is 16.5. The minimum absolute atomic E-state index is 0.0477. The summed E-state index contributed by atoms with van der Waals surface area (Å²) in [5.41, 5.74) is 3.12. The van der Waals surface area contributed by atoms with Crippen molar-refractivity contribution in [3.05, 3.63) is 89.0 Å². The summed E-state index contributed by atoms with van der Waals surface area (Å²) in [4.78, 5) is 15.1. The lowest BCUT2D eigenvalue weighted by Gasteiger charge is -2.43. The summed E-state index contributed by atoms with van der Waals surface area (Å²) < 4.78 is 17.5. The Hall–Kier alpha value is -3.47. The maximum absolute atomic E-state index is 13.4. The summed E-state index contributed by atoms with van der Waals surface area (Å²) in [6.07, 6.45) is 0. The first kappa shape index (κ1) is 22.7. The summed E-state index contributed by atoms with van der Waals surface area (Å²) in [7, 11) is 1.64. The number of hydrogen-bond donors (Lipinski definition) is 0. The molecule has 5 nitrogen and oxygen atoms in total. The van der Waals surface area contributed by atoms with E-state index >= 15 is 0 Å². The van der Waals surface area contributed by atoms with Gasteiger partial charge in [-0.05, 0) is 60.7 Å². The Labute approximate surface area is 195 Å². The molecule has 0 aliphatic carbocycles. The number of amides is 1. The maximum atomic E-state index is 13.4. The molecule has 1 aliphatic rings. The third-order valence-electron chi connectivity index (χ3n) is 5.97. The van der Waals surface area contributed by atoms with Gasteiger partial charge in [0.05, 0.1) is 12.7 Å². The van der Waals surface area contributed by atoms with Crippen molar-refractivity contribution in [1.29, 1.82) is 0 Å². The fourth-order valence-corrected chi connectivity index (χ4v) is 3.95. The van der Waals surface area contributed by atoms with Gasteiger partial charge in [-0.2, -0.15) is 0 Å². The van der Waals surface area contributed by atoms with Crippen LogP contribution in [0, 0.1) is 0 Å². The number of rotatable bonds is 7. The molecule has 1 amide bonds. The normalized spacial score (nSPS) is 14.6. The predicted octanol–water partition coefficient (Wildman–Crippen LogP) is 6.17. The molecule has 172 valence electrons. The fraction of sp³-hybridized carbons (Fsp3) is 0.321. The lowest BCUT2D eigenvalue weighted by molar-refractivity contribution is -0.0537. The molecule has 0 saturated heterocycles. The molecule has 0 fully saturated rings. The Morgan fingerprint density at radius 1 is 0.939 bits per heavy atom. The van der Waals surface area contributed by atoms with Crippen molar-refractivity contribution in [3.8, 4) is 17.2 Å². The zero-order valence-corrected chi connectivity index (χ0v) is 19.9. The lowest BCUT2D eigenvalue weighted by atomic mass is 10.0. The second-order valence-electron chi connectivity index (χ2n) is 9.13. The van der Waals surface area contributed by atoms with Crippen LogP contribution in [0.2, 0.25) is 0 Å². The summed E-state index contributed by atoms with van der Waals surface area (Å²) in [6.45, 7) is 9.06. The van der Waals surface area contributed by atoms with Crippen molar-refractivity contribution in [2.45, 2.75) is 52.5 Å². The number of ether oxygens (including phenoxy) is 3.